The van der Waals surface area contributed by atoms with E-state index in [2.05, 4.69) is 4.98 Å². The predicted octanol–water partition coefficient (Wildman–Crippen LogP) is 3.37. The van der Waals surface area contributed by atoms with Crippen molar-refractivity contribution in [3.05, 3.63) is 29.5 Å². The number of carbonyl (C=O) groups is 2. The Balaban J connectivity index is 1.88. The van der Waals surface area contributed by atoms with Gasteiger partial charge in [-0.25, -0.2) is 4.98 Å². The quantitative estimate of drug-likeness (QED) is 0.729. The zero-order chi connectivity index (χ0) is 23.3. The summed E-state index contributed by atoms with van der Waals surface area (Å²) in [4.78, 5) is 34.3. The van der Waals surface area contributed by atoms with Crippen LogP contribution in [0.5, 0.6) is 5.88 Å². The minimum Gasteiger partial charge on any atom is -0.472 e. The lowest BCUT2D eigenvalue weighted by molar-refractivity contribution is -0.136. The molecule has 2 amide bonds. The summed E-state index contributed by atoms with van der Waals surface area (Å²) in [6, 6.07) is 1.45. The molecule has 7 heteroatoms. The molecular weight excluding hydrogens is 406 g/mol. The number of allylic oxidation sites excluding steroid dienone is 1. The number of likely N-dealkylation sites (N-methyl/N-ethyl adjacent to an activating group) is 1. The van der Waals surface area contributed by atoms with Crippen molar-refractivity contribution in [1.29, 1.82) is 0 Å². The summed E-state index contributed by atoms with van der Waals surface area (Å²) < 4.78 is 6.28. The van der Waals surface area contributed by atoms with Crippen LogP contribution in [0.25, 0.3) is 6.08 Å². The highest BCUT2D eigenvalue weighted by Gasteiger charge is 2.35. The predicted molar refractivity (Wildman–Crippen MR) is 124 cm³/mol. The van der Waals surface area contributed by atoms with Crippen LogP contribution in [0.4, 0.5) is 0 Å². The van der Waals surface area contributed by atoms with E-state index in [0.29, 0.717) is 18.7 Å². The van der Waals surface area contributed by atoms with Gasteiger partial charge >= 0.3 is 0 Å². The number of aliphatic hydroxyl groups is 1. The number of rotatable bonds is 6. The molecule has 1 aliphatic heterocycles. The number of hydrogen-bond acceptors (Lipinski definition) is 5. The van der Waals surface area contributed by atoms with Gasteiger partial charge in [0, 0.05) is 31.6 Å². The number of aliphatic hydroxyl groups excluding tert-OH is 1. The molecule has 3 atom stereocenters. The second kappa shape index (κ2) is 10.9. The molecule has 1 fully saturated rings. The molecule has 0 spiro atoms. The van der Waals surface area contributed by atoms with Gasteiger partial charge in [0.25, 0.3) is 5.91 Å². The molecule has 176 valence electrons. The molecule has 0 saturated heterocycles. The van der Waals surface area contributed by atoms with Gasteiger partial charge in [-0.1, -0.05) is 38.3 Å². The molecule has 1 aliphatic carbocycles. The summed E-state index contributed by atoms with van der Waals surface area (Å²) in [5.74, 6) is 0.320. The van der Waals surface area contributed by atoms with Gasteiger partial charge in [-0.15, -0.1) is 0 Å². The van der Waals surface area contributed by atoms with E-state index < -0.39 is 0 Å². The van der Waals surface area contributed by atoms with Crippen molar-refractivity contribution in [2.24, 2.45) is 11.8 Å². The summed E-state index contributed by atoms with van der Waals surface area (Å²) in [7, 11) is 1.84. The highest BCUT2D eigenvalue weighted by atomic mass is 16.5. The van der Waals surface area contributed by atoms with Gasteiger partial charge in [-0.05, 0) is 38.3 Å². The Kier molecular flexibility index (Phi) is 8.29. The number of nitrogens with zero attached hydrogens (tertiary/aromatic N) is 3. The van der Waals surface area contributed by atoms with Crippen LogP contribution >= 0.6 is 0 Å². The minimum atomic E-state index is -0.330. The van der Waals surface area contributed by atoms with E-state index in [9.17, 15) is 14.7 Å². The van der Waals surface area contributed by atoms with Crippen molar-refractivity contribution >= 4 is 17.9 Å². The van der Waals surface area contributed by atoms with Gasteiger partial charge in [0.05, 0.1) is 19.2 Å². The molecule has 2 heterocycles. The van der Waals surface area contributed by atoms with E-state index in [1.807, 2.05) is 40.0 Å². The molecular formula is C25H37N3O4. The maximum atomic E-state index is 13.3. The number of ether oxygens (including phenoxy) is 1. The molecule has 0 radical (unpaired) electrons. The number of aromatic nitrogens is 1. The van der Waals surface area contributed by atoms with E-state index >= 15 is 0 Å². The van der Waals surface area contributed by atoms with E-state index in [-0.39, 0.29) is 48.3 Å². The second-order valence-electron chi connectivity index (χ2n) is 9.30. The van der Waals surface area contributed by atoms with Gasteiger partial charge in [-0.3, -0.25) is 9.59 Å². The van der Waals surface area contributed by atoms with Crippen molar-refractivity contribution in [3.8, 4) is 5.88 Å². The highest BCUT2D eigenvalue weighted by Crippen LogP contribution is 2.29. The van der Waals surface area contributed by atoms with Gasteiger partial charge in [0.1, 0.15) is 11.7 Å². The highest BCUT2D eigenvalue weighted by molar-refractivity contribution is 5.97. The summed E-state index contributed by atoms with van der Waals surface area (Å²) in [6.07, 6.45) is 10.5. The van der Waals surface area contributed by atoms with Crippen molar-refractivity contribution in [2.45, 2.75) is 65.0 Å². The van der Waals surface area contributed by atoms with Gasteiger partial charge in [0.2, 0.25) is 11.8 Å². The van der Waals surface area contributed by atoms with Crippen LogP contribution in [0.15, 0.2) is 18.3 Å². The van der Waals surface area contributed by atoms with E-state index in [1.54, 1.807) is 22.1 Å². The molecule has 1 aromatic rings. The smallest absolute Gasteiger partial charge is 0.259 e. The van der Waals surface area contributed by atoms with Gasteiger partial charge < -0.3 is 19.6 Å². The monoisotopic (exact) mass is 443 g/mol. The average molecular weight is 444 g/mol. The summed E-state index contributed by atoms with van der Waals surface area (Å²) >= 11 is 0. The Bertz CT molecular complexity index is 834. The Morgan fingerprint density at radius 3 is 2.75 bits per heavy atom. The maximum Gasteiger partial charge on any atom is 0.259 e. The van der Waals surface area contributed by atoms with Crippen molar-refractivity contribution in [1.82, 2.24) is 14.8 Å². The Morgan fingerprint density at radius 2 is 2.09 bits per heavy atom. The second-order valence-corrected chi connectivity index (χ2v) is 9.30. The van der Waals surface area contributed by atoms with Gasteiger partial charge in [0.15, 0.2) is 0 Å². The van der Waals surface area contributed by atoms with Crippen molar-refractivity contribution in [3.63, 3.8) is 0 Å². The number of amides is 2. The molecule has 1 saturated carbocycles. The fourth-order valence-electron chi connectivity index (χ4n) is 4.64. The number of fused-ring (bicyclic) bond motifs is 1. The van der Waals surface area contributed by atoms with Crippen molar-refractivity contribution in [2.75, 3.05) is 26.7 Å². The zero-order valence-corrected chi connectivity index (χ0v) is 19.8. The summed E-state index contributed by atoms with van der Waals surface area (Å²) in [6.45, 7) is 6.51. The summed E-state index contributed by atoms with van der Waals surface area (Å²) in [5, 5.41) is 9.76. The molecule has 0 aromatic carbocycles. The van der Waals surface area contributed by atoms with E-state index in [4.69, 9.17) is 4.74 Å². The standard InChI is InChI=1S/C25H37N3O4/c1-5-9-19-12-21-23(26-13-19)32-22(17(2)14-28(25(21)31)18(3)16-29)15-27(4)24(30)20-10-7-6-8-11-20/h5,9,12-13,17-18,20,22,29H,6-8,10-11,14-16H2,1-4H3/b9-5+/t17-,18-,22+/m0/s1. The Labute approximate surface area is 191 Å². The first-order chi connectivity index (χ1) is 15.3. The molecule has 3 rings (SSSR count). The first-order valence-corrected chi connectivity index (χ1v) is 11.8. The third-order valence-electron chi connectivity index (χ3n) is 6.69. The molecule has 7 nitrogen and oxygen atoms in total. The number of hydrogen-bond donors (Lipinski definition) is 1. The van der Waals surface area contributed by atoms with Crippen LogP contribution in [0.3, 0.4) is 0 Å². The Hall–Kier alpha value is -2.41. The lowest BCUT2D eigenvalue weighted by Gasteiger charge is -2.38. The normalized spacial score (nSPS) is 23.3. The summed E-state index contributed by atoms with van der Waals surface area (Å²) in [5.41, 5.74) is 1.20. The third-order valence-corrected chi connectivity index (χ3v) is 6.69. The minimum absolute atomic E-state index is 0.0419. The number of pyridine rings is 1. The fourth-order valence-corrected chi connectivity index (χ4v) is 4.64. The molecule has 1 aromatic heterocycles. The molecule has 1 N–H and O–H groups in total. The fraction of sp³-hybridized carbons (Fsp3) is 0.640. The largest absolute Gasteiger partial charge is 0.472 e. The molecule has 2 aliphatic rings. The van der Waals surface area contributed by atoms with E-state index in [0.717, 1.165) is 31.2 Å². The van der Waals surface area contributed by atoms with Crippen LogP contribution in [0.2, 0.25) is 0 Å². The molecule has 32 heavy (non-hydrogen) atoms. The lowest BCUT2D eigenvalue weighted by Crippen LogP contribution is -2.51. The first-order valence-electron chi connectivity index (χ1n) is 11.8. The number of carbonyl (C=O) groups excluding carboxylic acids is 2. The SMILES string of the molecule is C/C=C/c1cnc2c(c1)C(=O)N([C@@H](C)CO)C[C@H](C)[C@@H](CN(C)C(=O)C1CCCCC1)O2. The molecule has 0 unspecified atom stereocenters. The molecule has 0 bridgehead atoms. The van der Waals surface area contributed by atoms with Crippen LogP contribution < -0.4 is 4.74 Å². The van der Waals surface area contributed by atoms with Crippen LogP contribution in [-0.4, -0.2) is 70.6 Å². The van der Waals surface area contributed by atoms with Crippen LogP contribution in [0.1, 0.15) is 68.8 Å². The topological polar surface area (TPSA) is 83.0 Å². The van der Waals surface area contributed by atoms with Gasteiger partial charge in [-0.2, -0.15) is 0 Å². The van der Waals surface area contributed by atoms with E-state index in [1.165, 1.54) is 6.42 Å². The lowest BCUT2D eigenvalue weighted by atomic mass is 9.88. The maximum absolute atomic E-state index is 13.3. The zero-order valence-electron chi connectivity index (χ0n) is 19.8. The van der Waals surface area contributed by atoms with Crippen LogP contribution in [-0.2, 0) is 4.79 Å². The van der Waals surface area contributed by atoms with Crippen molar-refractivity contribution < 1.29 is 19.4 Å². The first kappa shape index (κ1) is 24.2. The van der Waals surface area contributed by atoms with Crippen LogP contribution in [0, 0.1) is 11.8 Å². The third kappa shape index (κ3) is 5.49. The average Bonchev–Trinajstić information content (AvgIpc) is 2.81. The Morgan fingerprint density at radius 1 is 1.38 bits per heavy atom.